The van der Waals surface area contributed by atoms with E-state index >= 15 is 0 Å². The molecule has 1 aliphatic heterocycles. The van der Waals surface area contributed by atoms with Crippen molar-refractivity contribution >= 4 is 23.5 Å². The molecule has 8 nitrogen and oxygen atoms in total. The highest BCUT2D eigenvalue weighted by Gasteiger charge is 2.55. The Morgan fingerprint density at radius 1 is 1.29 bits per heavy atom. The van der Waals surface area contributed by atoms with Gasteiger partial charge in [-0.15, -0.1) is 0 Å². The molecule has 0 radical (unpaired) electrons. The van der Waals surface area contributed by atoms with Gasteiger partial charge in [-0.3, -0.25) is 0 Å². The first-order chi connectivity index (χ1) is 11.6. The summed E-state index contributed by atoms with van der Waals surface area (Å²) in [6.45, 7) is 4.26. The van der Waals surface area contributed by atoms with Crippen LogP contribution >= 0.6 is 11.6 Å². The van der Waals surface area contributed by atoms with Gasteiger partial charge in [-0.25, -0.2) is 4.79 Å². The highest BCUT2D eigenvalue weighted by atomic mass is 35.5. The molecule has 0 unspecified atom stereocenters. The third-order valence-electron chi connectivity index (χ3n) is 4.25. The van der Waals surface area contributed by atoms with Crippen molar-refractivity contribution in [2.45, 2.75) is 44.3 Å². The van der Waals surface area contributed by atoms with Crippen molar-refractivity contribution < 1.29 is 19.0 Å². The summed E-state index contributed by atoms with van der Waals surface area (Å²) in [5.41, 5.74) is -0.974. The minimum absolute atomic E-state index is 0.0441. The van der Waals surface area contributed by atoms with Crippen LogP contribution in [-0.2, 0) is 14.3 Å². The van der Waals surface area contributed by atoms with Crippen molar-refractivity contribution in [3.05, 3.63) is 5.28 Å². The molecule has 0 bridgehead atoms. The molecule has 9 heteroatoms. The molecule has 2 heterocycles. The van der Waals surface area contributed by atoms with Gasteiger partial charge < -0.3 is 19.1 Å². The van der Waals surface area contributed by atoms with Crippen molar-refractivity contribution in [3.63, 3.8) is 0 Å². The lowest BCUT2D eigenvalue weighted by molar-refractivity contribution is -0.151. The van der Waals surface area contributed by atoms with E-state index in [4.69, 9.17) is 25.8 Å². The Hall–Kier alpha value is -1.67. The van der Waals surface area contributed by atoms with E-state index in [1.54, 1.807) is 0 Å². The van der Waals surface area contributed by atoms with Crippen LogP contribution < -0.4 is 9.64 Å². The van der Waals surface area contributed by atoms with Crippen molar-refractivity contribution in [1.82, 2.24) is 15.0 Å². The number of ether oxygens (including phenoxy) is 3. The molecule has 1 saturated carbocycles. The van der Waals surface area contributed by atoms with Gasteiger partial charge in [-0.05, 0) is 31.4 Å². The zero-order chi connectivity index (χ0) is 17.2. The number of halogens is 1. The van der Waals surface area contributed by atoms with Crippen molar-refractivity contribution in [1.29, 1.82) is 0 Å². The normalized spacial score (nSPS) is 19.9. The van der Waals surface area contributed by atoms with E-state index in [2.05, 4.69) is 15.0 Å². The lowest BCUT2D eigenvalue weighted by Crippen LogP contribution is -2.38. The van der Waals surface area contributed by atoms with E-state index in [1.807, 2.05) is 11.8 Å². The summed E-state index contributed by atoms with van der Waals surface area (Å²) < 4.78 is 16.1. The van der Waals surface area contributed by atoms with Crippen LogP contribution in [0.3, 0.4) is 0 Å². The van der Waals surface area contributed by atoms with Crippen molar-refractivity contribution in [2.75, 3.05) is 31.7 Å². The Balaban J connectivity index is 1.70. The number of aromatic nitrogens is 3. The fraction of sp³-hybridized carbons (Fsp3) is 0.733. The summed E-state index contributed by atoms with van der Waals surface area (Å²) in [6.07, 6.45) is 3.24. The Bertz CT molecular complexity index is 603. The molecule has 0 atom stereocenters. The lowest BCUT2D eigenvalue weighted by Gasteiger charge is -2.31. The second kappa shape index (κ2) is 7.06. The highest BCUT2D eigenvalue weighted by Crippen LogP contribution is 2.40. The molecule has 0 spiro atoms. The molecule has 1 aromatic rings. The van der Waals surface area contributed by atoms with Crippen LogP contribution in [-0.4, -0.2) is 59.4 Å². The molecule has 3 rings (SSSR count). The molecule has 1 aliphatic carbocycles. The van der Waals surface area contributed by atoms with Gasteiger partial charge in [0.15, 0.2) is 0 Å². The predicted molar refractivity (Wildman–Crippen MR) is 86.3 cm³/mol. The zero-order valence-electron chi connectivity index (χ0n) is 13.8. The minimum atomic E-state index is -0.974. The fourth-order valence-corrected chi connectivity index (χ4v) is 2.94. The minimum Gasteiger partial charge on any atom is -0.466 e. The van der Waals surface area contributed by atoms with Crippen LogP contribution in [0.5, 0.6) is 6.01 Å². The van der Waals surface area contributed by atoms with E-state index in [-0.39, 0.29) is 17.4 Å². The number of hydrogen-bond acceptors (Lipinski definition) is 8. The molecule has 2 fully saturated rings. The number of nitrogens with zero attached hydrogens (tertiary/aromatic N) is 4. The van der Waals surface area contributed by atoms with E-state index < -0.39 is 11.6 Å². The first-order valence-electron chi connectivity index (χ1n) is 8.12. The number of carbonyl (C=O) groups is 1. The molecular formula is C15H21ClN4O4. The van der Waals surface area contributed by atoms with E-state index in [0.29, 0.717) is 18.8 Å². The number of methoxy groups -OCH3 is 1. The van der Waals surface area contributed by atoms with E-state index in [0.717, 1.165) is 32.5 Å². The number of rotatable bonds is 6. The van der Waals surface area contributed by atoms with E-state index in [1.165, 1.54) is 7.11 Å². The average Bonchev–Trinajstić information content (AvgIpc) is 3.35. The summed E-state index contributed by atoms with van der Waals surface area (Å²) in [6, 6.07) is 0.0554. The Morgan fingerprint density at radius 3 is 2.58 bits per heavy atom. The Labute approximate surface area is 145 Å². The third kappa shape index (κ3) is 3.70. The van der Waals surface area contributed by atoms with Crippen LogP contribution in [0.1, 0.15) is 32.6 Å². The van der Waals surface area contributed by atoms with Crippen LogP contribution in [0.25, 0.3) is 0 Å². The monoisotopic (exact) mass is 356 g/mol. The topological polar surface area (TPSA) is 86.7 Å². The number of carbonyl (C=O) groups excluding carboxylic acids is 1. The third-order valence-corrected chi connectivity index (χ3v) is 4.42. The van der Waals surface area contributed by atoms with Crippen LogP contribution in [0.2, 0.25) is 5.28 Å². The second-order valence-corrected chi connectivity index (χ2v) is 6.25. The summed E-state index contributed by atoms with van der Waals surface area (Å²) in [4.78, 5) is 26.3. The maximum Gasteiger partial charge on any atom is 0.350 e. The first kappa shape index (κ1) is 17.2. The fourth-order valence-electron chi connectivity index (χ4n) is 2.79. The quantitative estimate of drug-likeness (QED) is 0.710. The summed E-state index contributed by atoms with van der Waals surface area (Å²) in [5, 5.41) is 0.0441. The first-order valence-corrected chi connectivity index (χ1v) is 8.49. The molecule has 0 aromatic carbocycles. The van der Waals surface area contributed by atoms with Crippen LogP contribution in [0.4, 0.5) is 5.95 Å². The number of hydrogen-bond donors (Lipinski definition) is 0. The predicted octanol–water partition coefficient (Wildman–Crippen LogP) is 1.61. The summed E-state index contributed by atoms with van der Waals surface area (Å²) in [7, 11) is 1.33. The molecule has 1 aromatic heterocycles. The molecule has 0 amide bonds. The van der Waals surface area contributed by atoms with Crippen molar-refractivity contribution in [2.24, 2.45) is 0 Å². The van der Waals surface area contributed by atoms with Crippen LogP contribution in [0, 0.1) is 0 Å². The summed E-state index contributed by atoms with van der Waals surface area (Å²) in [5.74, 6) is 0.0405. The molecule has 132 valence electrons. The van der Waals surface area contributed by atoms with Gasteiger partial charge in [0.1, 0.15) is 0 Å². The summed E-state index contributed by atoms with van der Waals surface area (Å²) >= 11 is 6.00. The smallest absolute Gasteiger partial charge is 0.350 e. The van der Waals surface area contributed by atoms with Gasteiger partial charge in [0.25, 0.3) is 0 Å². The molecular weight excluding hydrogens is 336 g/mol. The van der Waals surface area contributed by atoms with Gasteiger partial charge in [0.2, 0.25) is 16.8 Å². The standard InChI is InChI=1S/C15H21ClN4O4/c1-3-23-10-4-8-20(9-5-10)13-17-12(16)18-14(19-13)24-15(6-7-15)11(21)22-2/h10H,3-9H2,1-2H3. The lowest BCUT2D eigenvalue weighted by atomic mass is 10.1. The molecule has 1 saturated heterocycles. The molecule has 0 N–H and O–H groups in total. The largest absolute Gasteiger partial charge is 0.466 e. The SMILES string of the molecule is CCOC1CCN(c2nc(Cl)nc(OC3(C(=O)OC)CC3)n2)CC1. The van der Waals surface area contributed by atoms with Crippen molar-refractivity contribution in [3.8, 4) is 6.01 Å². The zero-order valence-corrected chi connectivity index (χ0v) is 14.6. The number of esters is 1. The van der Waals surface area contributed by atoms with Crippen LogP contribution in [0.15, 0.2) is 0 Å². The Morgan fingerprint density at radius 2 is 2.00 bits per heavy atom. The average molecular weight is 357 g/mol. The van der Waals surface area contributed by atoms with Gasteiger partial charge in [0, 0.05) is 32.5 Å². The van der Waals surface area contributed by atoms with Gasteiger partial charge in [-0.1, -0.05) is 0 Å². The Kier molecular flexibility index (Phi) is 5.05. The van der Waals surface area contributed by atoms with E-state index in [9.17, 15) is 4.79 Å². The van der Waals surface area contributed by atoms with Gasteiger partial charge in [0.05, 0.1) is 13.2 Å². The maximum atomic E-state index is 11.8. The maximum absolute atomic E-state index is 11.8. The number of anilines is 1. The molecule has 2 aliphatic rings. The van der Waals surface area contributed by atoms with Gasteiger partial charge >= 0.3 is 12.0 Å². The number of piperidine rings is 1. The molecule has 24 heavy (non-hydrogen) atoms. The van der Waals surface area contributed by atoms with Gasteiger partial charge in [-0.2, -0.15) is 15.0 Å². The highest BCUT2D eigenvalue weighted by molar-refractivity contribution is 6.28. The second-order valence-electron chi connectivity index (χ2n) is 5.92.